The van der Waals surface area contributed by atoms with Crippen molar-refractivity contribution in [3.05, 3.63) is 5.89 Å². The van der Waals surface area contributed by atoms with E-state index in [0.717, 1.165) is 0 Å². The summed E-state index contributed by atoms with van der Waals surface area (Å²) in [5.74, 6) is 0.686. The Morgan fingerprint density at radius 2 is 2.12 bits per heavy atom. The van der Waals surface area contributed by atoms with E-state index in [0.29, 0.717) is 5.95 Å². The second kappa shape index (κ2) is 4.79. The first-order valence-corrected chi connectivity index (χ1v) is 6.80. The van der Waals surface area contributed by atoms with Crippen LogP contribution in [0.15, 0.2) is 4.52 Å². The molecule has 0 radical (unpaired) electrons. The molecule has 1 aromatic rings. The summed E-state index contributed by atoms with van der Waals surface area (Å²) in [6, 6.07) is -0.545. The van der Waals surface area contributed by atoms with Gasteiger partial charge in [-0.05, 0) is 11.6 Å². The molecule has 16 heavy (non-hydrogen) atoms. The molecule has 0 saturated heterocycles. The summed E-state index contributed by atoms with van der Waals surface area (Å²) in [5.41, 5.74) is 5.74. The Morgan fingerprint density at radius 3 is 2.56 bits per heavy atom. The highest BCUT2D eigenvalue weighted by molar-refractivity contribution is 7.90. The summed E-state index contributed by atoms with van der Waals surface area (Å²) in [6.45, 7) is 0. The van der Waals surface area contributed by atoms with Crippen molar-refractivity contribution in [2.75, 3.05) is 31.0 Å². The van der Waals surface area contributed by atoms with Crippen LogP contribution < -0.4 is 10.6 Å². The van der Waals surface area contributed by atoms with Crippen LogP contribution in [0.4, 0.5) is 5.95 Å². The third-order valence-corrected chi connectivity index (χ3v) is 2.93. The van der Waals surface area contributed by atoms with Gasteiger partial charge in [0.15, 0.2) is 0 Å². The topological polar surface area (TPSA) is 102 Å². The van der Waals surface area contributed by atoms with Crippen LogP contribution in [-0.2, 0) is 9.84 Å². The van der Waals surface area contributed by atoms with E-state index in [2.05, 4.69) is 10.1 Å². The van der Waals surface area contributed by atoms with Crippen molar-refractivity contribution in [1.82, 2.24) is 10.1 Å². The summed E-state index contributed by atoms with van der Waals surface area (Å²) in [4.78, 5) is 5.72. The quantitative estimate of drug-likeness (QED) is 0.754. The number of nitrogens with two attached hydrogens (primary N) is 1. The average molecular weight is 248 g/mol. The maximum absolute atomic E-state index is 11.0. The van der Waals surface area contributed by atoms with Crippen LogP contribution in [0.1, 0.15) is 18.4 Å². The number of aromatic nitrogens is 2. The van der Waals surface area contributed by atoms with Crippen molar-refractivity contribution in [2.24, 2.45) is 5.73 Å². The third-order valence-electron chi connectivity index (χ3n) is 1.95. The van der Waals surface area contributed by atoms with E-state index in [1.54, 1.807) is 19.0 Å². The molecule has 1 heterocycles. The van der Waals surface area contributed by atoms with E-state index in [9.17, 15) is 8.42 Å². The molecule has 1 atom stereocenters. The van der Waals surface area contributed by atoms with Crippen LogP contribution in [0.25, 0.3) is 0 Å². The van der Waals surface area contributed by atoms with Crippen molar-refractivity contribution in [3.8, 4) is 0 Å². The standard InChI is InChI=1S/C8H16N4O3S/c1-12(2)8-10-7(15-11-8)6(9)4-5-16(3,13)14/h6H,4-5,9H2,1-3H3. The molecule has 0 amide bonds. The van der Waals surface area contributed by atoms with Crippen molar-refractivity contribution in [3.63, 3.8) is 0 Å². The number of anilines is 1. The molecule has 0 spiro atoms. The molecule has 0 aromatic carbocycles. The number of rotatable bonds is 5. The van der Waals surface area contributed by atoms with Crippen molar-refractivity contribution in [2.45, 2.75) is 12.5 Å². The van der Waals surface area contributed by atoms with Crippen LogP contribution in [0.2, 0.25) is 0 Å². The molecule has 8 heteroatoms. The number of nitrogens with zero attached hydrogens (tertiary/aromatic N) is 3. The number of sulfone groups is 1. The van der Waals surface area contributed by atoms with Gasteiger partial charge < -0.3 is 15.2 Å². The lowest BCUT2D eigenvalue weighted by molar-refractivity contribution is 0.352. The average Bonchev–Trinajstić information content (AvgIpc) is 2.61. The highest BCUT2D eigenvalue weighted by Crippen LogP contribution is 2.15. The van der Waals surface area contributed by atoms with Gasteiger partial charge in [-0.3, -0.25) is 0 Å². The second-order valence-corrected chi connectivity index (χ2v) is 6.11. The first-order chi connectivity index (χ1) is 7.29. The molecular formula is C8H16N4O3S. The predicted octanol–water partition coefficient (Wildman–Crippen LogP) is -0.430. The normalized spacial score (nSPS) is 13.8. The summed E-state index contributed by atoms with van der Waals surface area (Å²) in [7, 11) is 0.532. The summed E-state index contributed by atoms with van der Waals surface area (Å²) < 4.78 is 26.8. The van der Waals surface area contributed by atoms with Crippen LogP contribution in [0, 0.1) is 0 Å². The van der Waals surface area contributed by atoms with E-state index in [-0.39, 0.29) is 18.1 Å². The van der Waals surface area contributed by atoms with Gasteiger partial charge in [0.2, 0.25) is 5.89 Å². The Kier molecular flexibility index (Phi) is 3.87. The van der Waals surface area contributed by atoms with Crippen LogP contribution in [-0.4, -0.2) is 44.7 Å². The van der Waals surface area contributed by atoms with Crippen LogP contribution >= 0.6 is 0 Å². The Morgan fingerprint density at radius 1 is 1.50 bits per heavy atom. The lowest BCUT2D eigenvalue weighted by atomic mass is 10.2. The molecule has 1 unspecified atom stereocenters. The van der Waals surface area contributed by atoms with Gasteiger partial charge in [-0.1, -0.05) is 0 Å². The minimum absolute atomic E-state index is 0.00778. The smallest absolute Gasteiger partial charge is 0.265 e. The molecule has 0 aliphatic rings. The molecule has 0 saturated carbocycles. The zero-order chi connectivity index (χ0) is 12.3. The van der Waals surface area contributed by atoms with Gasteiger partial charge in [0.1, 0.15) is 9.84 Å². The summed E-state index contributed by atoms with van der Waals surface area (Å²) in [5, 5.41) is 3.69. The molecule has 7 nitrogen and oxygen atoms in total. The van der Waals surface area contributed by atoms with Gasteiger partial charge in [-0.2, -0.15) is 4.98 Å². The van der Waals surface area contributed by atoms with E-state index < -0.39 is 15.9 Å². The fourth-order valence-electron chi connectivity index (χ4n) is 1.02. The molecule has 0 fully saturated rings. The maximum Gasteiger partial charge on any atom is 0.265 e. The Hall–Kier alpha value is -1.15. The van der Waals surface area contributed by atoms with Gasteiger partial charge in [-0.15, -0.1) is 0 Å². The molecule has 2 N–H and O–H groups in total. The van der Waals surface area contributed by atoms with Crippen LogP contribution in [0.3, 0.4) is 0 Å². The molecule has 0 aliphatic carbocycles. The van der Waals surface area contributed by atoms with Gasteiger partial charge in [0.25, 0.3) is 5.95 Å². The predicted molar refractivity (Wildman–Crippen MR) is 59.9 cm³/mol. The number of hydrogen-bond acceptors (Lipinski definition) is 7. The van der Waals surface area contributed by atoms with Gasteiger partial charge in [-0.25, -0.2) is 8.42 Å². The molecular weight excluding hydrogens is 232 g/mol. The Bertz CT molecular complexity index is 440. The monoisotopic (exact) mass is 248 g/mol. The first kappa shape index (κ1) is 12.9. The molecule has 1 rings (SSSR count). The van der Waals surface area contributed by atoms with Crippen LogP contribution in [0.5, 0.6) is 0 Å². The van der Waals surface area contributed by atoms with Gasteiger partial charge >= 0.3 is 0 Å². The highest BCUT2D eigenvalue weighted by atomic mass is 32.2. The SMILES string of the molecule is CN(C)c1noc(C(N)CCS(C)(=O)=O)n1. The third kappa shape index (κ3) is 3.78. The second-order valence-electron chi connectivity index (χ2n) is 3.85. The van der Waals surface area contributed by atoms with Crippen molar-refractivity contribution >= 4 is 15.8 Å². The van der Waals surface area contributed by atoms with Gasteiger partial charge in [0, 0.05) is 20.4 Å². The van der Waals surface area contributed by atoms with E-state index >= 15 is 0 Å². The minimum atomic E-state index is -3.02. The largest absolute Gasteiger partial charge is 0.344 e. The van der Waals surface area contributed by atoms with E-state index in [1.807, 2.05) is 0 Å². The lowest BCUT2D eigenvalue weighted by Crippen LogP contribution is -2.16. The minimum Gasteiger partial charge on any atom is -0.344 e. The fraction of sp³-hybridized carbons (Fsp3) is 0.750. The maximum atomic E-state index is 11.0. The van der Waals surface area contributed by atoms with Gasteiger partial charge in [0.05, 0.1) is 11.8 Å². The van der Waals surface area contributed by atoms with Crippen molar-refractivity contribution < 1.29 is 12.9 Å². The van der Waals surface area contributed by atoms with E-state index in [1.165, 1.54) is 6.26 Å². The molecule has 92 valence electrons. The fourth-order valence-corrected chi connectivity index (χ4v) is 1.71. The lowest BCUT2D eigenvalue weighted by Gasteiger charge is -2.05. The van der Waals surface area contributed by atoms with Crippen molar-refractivity contribution in [1.29, 1.82) is 0 Å². The zero-order valence-corrected chi connectivity index (χ0v) is 10.4. The first-order valence-electron chi connectivity index (χ1n) is 4.74. The number of hydrogen-bond donors (Lipinski definition) is 1. The summed E-state index contributed by atoms with van der Waals surface area (Å²) in [6.07, 6.45) is 1.44. The Balaban J connectivity index is 2.63. The van der Waals surface area contributed by atoms with E-state index in [4.69, 9.17) is 10.3 Å². The molecule has 0 bridgehead atoms. The molecule has 0 aliphatic heterocycles. The highest BCUT2D eigenvalue weighted by Gasteiger charge is 2.17. The summed E-state index contributed by atoms with van der Waals surface area (Å²) >= 11 is 0. The Labute approximate surface area is 94.5 Å². The zero-order valence-electron chi connectivity index (χ0n) is 9.54. The molecule has 1 aromatic heterocycles.